The second kappa shape index (κ2) is 6.33. The van der Waals surface area contributed by atoms with E-state index >= 15 is 0 Å². The number of ether oxygens (including phenoxy) is 1. The highest BCUT2D eigenvalue weighted by molar-refractivity contribution is 5.85. The van der Waals surface area contributed by atoms with Crippen LogP contribution in [0.4, 0.5) is 4.79 Å². The number of fused-ring (bicyclic) bond motifs is 2. The van der Waals surface area contributed by atoms with Crippen molar-refractivity contribution in [2.45, 2.75) is 57.1 Å². The zero-order chi connectivity index (χ0) is 16.0. The minimum atomic E-state index is -0.436. The summed E-state index contributed by atoms with van der Waals surface area (Å²) in [5, 5.41) is 0. The fourth-order valence-corrected chi connectivity index (χ4v) is 3.86. The van der Waals surface area contributed by atoms with Crippen LogP contribution >= 0.6 is 12.4 Å². The predicted molar refractivity (Wildman–Crippen MR) is 94.0 cm³/mol. The molecule has 23 heavy (non-hydrogen) atoms. The fourth-order valence-electron chi connectivity index (χ4n) is 3.86. The maximum Gasteiger partial charge on any atom is 0.410 e. The van der Waals surface area contributed by atoms with Crippen LogP contribution in [0.3, 0.4) is 0 Å². The van der Waals surface area contributed by atoms with Crippen LogP contribution in [0.15, 0.2) is 24.3 Å². The number of likely N-dealkylation sites (tertiary alicyclic amines) is 1. The van der Waals surface area contributed by atoms with Crippen LogP contribution in [0.5, 0.6) is 0 Å². The molecule has 0 unspecified atom stereocenters. The van der Waals surface area contributed by atoms with Crippen molar-refractivity contribution in [1.82, 2.24) is 4.90 Å². The summed E-state index contributed by atoms with van der Waals surface area (Å²) in [6.45, 7) is 7.21. The zero-order valence-electron chi connectivity index (χ0n) is 14.2. The van der Waals surface area contributed by atoms with Gasteiger partial charge in [-0.2, -0.15) is 0 Å². The molecule has 1 aliphatic carbocycles. The Labute approximate surface area is 144 Å². The molecule has 1 atom stereocenters. The van der Waals surface area contributed by atoms with Gasteiger partial charge in [-0.1, -0.05) is 24.3 Å². The second-order valence-electron chi connectivity index (χ2n) is 7.65. The summed E-state index contributed by atoms with van der Waals surface area (Å²) in [4.78, 5) is 14.0. The third kappa shape index (κ3) is 3.48. The number of rotatable bonds is 0. The minimum absolute atomic E-state index is 0. The van der Waals surface area contributed by atoms with Crippen molar-refractivity contribution in [1.29, 1.82) is 0 Å². The first-order valence-electron chi connectivity index (χ1n) is 8.14. The van der Waals surface area contributed by atoms with Crippen molar-refractivity contribution >= 4 is 18.5 Å². The van der Waals surface area contributed by atoms with Gasteiger partial charge in [0, 0.05) is 24.5 Å². The summed E-state index contributed by atoms with van der Waals surface area (Å²) < 4.78 is 5.48. The largest absolute Gasteiger partial charge is 0.444 e. The van der Waals surface area contributed by atoms with Gasteiger partial charge in [0.2, 0.25) is 0 Å². The molecule has 1 fully saturated rings. The lowest BCUT2D eigenvalue weighted by Gasteiger charge is -2.40. The van der Waals surface area contributed by atoms with E-state index in [1.54, 1.807) is 0 Å². The van der Waals surface area contributed by atoms with E-state index < -0.39 is 5.60 Å². The van der Waals surface area contributed by atoms with Gasteiger partial charge in [0.05, 0.1) is 0 Å². The summed E-state index contributed by atoms with van der Waals surface area (Å²) >= 11 is 0. The maximum absolute atomic E-state index is 12.2. The van der Waals surface area contributed by atoms with E-state index in [-0.39, 0.29) is 30.0 Å². The van der Waals surface area contributed by atoms with Gasteiger partial charge in [0.1, 0.15) is 5.60 Å². The fraction of sp³-hybridized carbons (Fsp3) is 0.611. The molecule has 2 aliphatic rings. The summed E-state index contributed by atoms with van der Waals surface area (Å²) in [7, 11) is 0. The molecule has 1 aliphatic heterocycles. The summed E-state index contributed by atoms with van der Waals surface area (Å²) in [5.74, 6) is 0. The van der Waals surface area contributed by atoms with Gasteiger partial charge in [0.15, 0.2) is 0 Å². The molecule has 0 bridgehead atoms. The van der Waals surface area contributed by atoms with Crippen molar-refractivity contribution in [2.75, 3.05) is 13.1 Å². The smallest absolute Gasteiger partial charge is 0.410 e. The number of nitrogens with zero attached hydrogens (tertiary/aromatic N) is 1. The molecular weight excluding hydrogens is 312 g/mol. The molecule has 5 heteroatoms. The highest BCUT2D eigenvalue weighted by Crippen LogP contribution is 2.49. The second-order valence-corrected chi connectivity index (χ2v) is 7.65. The molecule has 1 heterocycles. The molecule has 4 nitrogen and oxygen atoms in total. The van der Waals surface area contributed by atoms with Gasteiger partial charge >= 0.3 is 6.09 Å². The average molecular weight is 339 g/mol. The first kappa shape index (κ1) is 18.1. The highest BCUT2D eigenvalue weighted by atomic mass is 35.5. The molecule has 0 saturated carbocycles. The Morgan fingerprint density at radius 1 is 1.26 bits per heavy atom. The van der Waals surface area contributed by atoms with E-state index in [1.807, 2.05) is 25.7 Å². The number of benzene rings is 1. The van der Waals surface area contributed by atoms with E-state index in [9.17, 15) is 4.79 Å². The molecular formula is C18H27ClN2O2. The van der Waals surface area contributed by atoms with Gasteiger partial charge in [-0.25, -0.2) is 4.79 Å². The van der Waals surface area contributed by atoms with E-state index in [0.717, 1.165) is 32.4 Å². The number of hydrogen-bond donors (Lipinski definition) is 1. The first-order valence-corrected chi connectivity index (χ1v) is 8.14. The number of piperidine rings is 1. The molecule has 128 valence electrons. The average Bonchev–Trinajstić information content (AvgIpc) is 2.71. The summed E-state index contributed by atoms with van der Waals surface area (Å²) in [6.07, 6.45) is 2.74. The molecule has 1 saturated heterocycles. The lowest BCUT2D eigenvalue weighted by atomic mass is 9.74. The van der Waals surface area contributed by atoms with Crippen LogP contribution < -0.4 is 5.73 Å². The number of carbonyl (C=O) groups excluding carboxylic acids is 1. The topological polar surface area (TPSA) is 55.6 Å². The van der Waals surface area contributed by atoms with Gasteiger partial charge in [-0.3, -0.25) is 0 Å². The van der Waals surface area contributed by atoms with Crippen molar-refractivity contribution < 1.29 is 9.53 Å². The monoisotopic (exact) mass is 338 g/mol. The Morgan fingerprint density at radius 2 is 1.87 bits per heavy atom. The minimum Gasteiger partial charge on any atom is -0.444 e. The molecule has 0 aromatic heterocycles. The van der Waals surface area contributed by atoms with Crippen molar-refractivity contribution in [3.63, 3.8) is 0 Å². The van der Waals surface area contributed by atoms with Crippen LogP contribution in [0.25, 0.3) is 0 Å². The molecule has 3 rings (SSSR count). The first-order chi connectivity index (χ1) is 10.3. The SMILES string of the molecule is CC(C)(C)OC(=O)N1CCC2(CC1)C[C@@H](N)c1ccccc12.Cl. The Hall–Kier alpha value is -1.26. The van der Waals surface area contributed by atoms with Crippen LogP contribution in [-0.4, -0.2) is 29.7 Å². The third-order valence-electron chi connectivity index (χ3n) is 4.91. The number of hydrogen-bond acceptors (Lipinski definition) is 3. The van der Waals surface area contributed by atoms with Crippen molar-refractivity contribution in [2.24, 2.45) is 5.73 Å². The van der Waals surface area contributed by atoms with Crippen LogP contribution in [0.2, 0.25) is 0 Å². The number of halogens is 1. The Morgan fingerprint density at radius 3 is 2.48 bits per heavy atom. The Kier molecular flexibility index (Phi) is 4.97. The zero-order valence-corrected chi connectivity index (χ0v) is 15.0. The van der Waals surface area contributed by atoms with Gasteiger partial charge in [-0.05, 0) is 51.2 Å². The van der Waals surface area contributed by atoms with Crippen molar-refractivity contribution in [3.05, 3.63) is 35.4 Å². The molecule has 1 aromatic carbocycles. The van der Waals surface area contributed by atoms with E-state index in [2.05, 4.69) is 24.3 Å². The Balaban J connectivity index is 0.00000192. The summed E-state index contributed by atoms with van der Waals surface area (Å²) in [6, 6.07) is 8.65. The highest BCUT2D eigenvalue weighted by Gasteiger charge is 2.45. The third-order valence-corrected chi connectivity index (χ3v) is 4.91. The van der Waals surface area contributed by atoms with Crippen molar-refractivity contribution in [3.8, 4) is 0 Å². The lowest BCUT2D eigenvalue weighted by molar-refractivity contribution is 0.0162. The van der Waals surface area contributed by atoms with E-state index in [4.69, 9.17) is 10.5 Å². The van der Waals surface area contributed by atoms with Crippen LogP contribution in [-0.2, 0) is 10.2 Å². The maximum atomic E-state index is 12.2. The Bertz CT molecular complexity index is 575. The van der Waals surface area contributed by atoms with Gasteiger partial charge in [-0.15, -0.1) is 12.4 Å². The molecule has 0 radical (unpaired) electrons. The normalized spacial score (nSPS) is 22.4. The standard InChI is InChI=1S/C18H26N2O2.ClH/c1-17(2,3)22-16(21)20-10-8-18(9-11-20)12-15(19)13-6-4-5-7-14(13)18;/h4-7,15H,8-12,19H2,1-3H3;1H/t15-;/m1./s1. The van der Waals surface area contributed by atoms with E-state index in [1.165, 1.54) is 11.1 Å². The van der Waals surface area contributed by atoms with E-state index in [0.29, 0.717) is 0 Å². The van der Waals surface area contributed by atoms with Crippen LogP contribution in [0, 0.1) is 0 Å². The summed E-state index contributed by atoms with van der Waals surface area (Å²) in [5.41, 5.74) is 8.72. The van der Waals surface area contributed by atoms with Gasteiger partial charge < -0.3 is 15.4 Å². The quantitative estimate of drug-likeness (QED) is 0.783. The van der Waals surface area contributed by atoms with Gasteiger partial charge in [0.25, 0.3) is 0 Å². The number of amides is 1. The molecule has 2 N–H and O–H groups in total. The number of carbonyl (C=O) groups is 1. The lowest BCUT2D eigenvalue weighted by Crippen LogP contribution is -2.46. The molecule has 1 amide bonds. The predicted octanol–water partition coefficient (Wildman–Crippen LogP) is 3.78. The van der Waals surface area contributed by atoms with Crippen LogP contribution in [0.1, 0.15) is 57.2 Å². The number of nitrogens with two attached hydrogens (primary N) is 1. The molecule has 1 aromatic rings. The molecule has 1 spiro atoms.